The normalized spacial score (nSPS) is 11.1. The van der Waals surface area contributed by atoms with E-state index < -0.39 is 54.8 Å². The number of nitrogens with two attached hydrogens (primary N) is 2. The van der Waals surface area contributed by atoms with Gasteiger partial charge >= 0.3 is 0 Å². The summed E-state index contributed by atoms with van der Waals surface area (Å²) in [5, 5.41) is 12.6. The maximum Gasteiger partial charge on any atom is 0.266 e. The van der Waals surface area contributed by atoms with Crippen LogP contribution < -0.4 is 31.2 Å². The largest absolute Gasteiger partial charge is 0.543 e. The van der Waals surface area contributed by atoms with Crippen LogP contribution in [0.4, 0.5) is 19.5 Å². The van der Waals surface area contributed by atoms with Gasteiger partial charge in [-0.3, -0.25) is 9.52 Å². The lowest BCUT2D eigenvalue weighted by Gasteiger charge is -2.11. The molecule has 3 rings (SSSR count). The third kappa shape index (κ3) is 6.48. The fraction of sp³-hybridized carbons (Fsp3) is 0.167. The molecule has 6 N–H and O–H groups in total. The van der Waals surface area contributed by atoms with E-state index in [-0.39, 0.29) is 12.5 Å². The highest BCUT2D eigenvalue weighted by molar-refractivity contribution is 7.93. The van der Waals surface area contributed by atoms with Gasteiger partial charge in [0.1, 0.15) is 35.3 Å². The quantitative estimate of drug-likeness (QED) is 0.139. The molecule has 0 saturated heterocycles. The van der Waals surface area contributed by atoms with Gasteiger partial charge in [0.15, 0.2) is 24.1 Å². The number of carboxylic acid groups (broad SMARTS) is 1. The van der Waals surface area contributed by atoms with E-state index in [1.54, 1.807) is 23.3 Å². The second-order valence-electron chi connectivity index (χ2n) is 6.86. The number of carbonyl (C=O) groups is 2. The molecule has 0 bridgehead atoms. The standard InChI is InChI=1S/C18H18F2N8O5S2/c19-11-5-10(35(32,33)26-16-15(17(30)31)24-8-34-16)6-12(20)14(11)25-13(29)7-28-4-3-27(9-28)2-1-23-18(21)22/h3-6,8-9,26H,1-2,7H2,(H5-,21,22,23,25,29,30,31). The highest BCUT2D eigenvalue weighted by atomic mass is 32.2. The molecule has 1 amide bonds. The number of nitrogens with one attached hydrogen (secondary N) is 2. The summed E-state index contributed by atoms with van der Waals surface area (Å²) in [6.45, 7) is 0.431. The zero-order valence-electron chi connectivity index (χ0n) is 17.6. The van der Waals surface area contributed by atoms with Crippen LogP contribution in [-0.2, 0) is 27.9 Å². The maximum atomic E-state index is 14.5. The fourth-order valence-corrected chi connectivity index (χ4v) is 4.78. The van der Waals surface area contributed by atoms with Crippen LogP contribution in [0.25, 0.3) is 0 Å². The Hall–Kier alpha value is -4.12. The molecule has 0 aliphatic carbocycles. The number of sulfonamides is 1. The average molecular weight is 529 g/mol. The van der Waals surface area contributed by atoms with Gasteiger partial charge in [0.25, 0.3) is 15.9 Å². The molecule has 35 heavy (non-hydrogen) atoms. The Labute approximate surface area is 200 Å². The molecular formula is C18H18F2N8O5S2. The highest BCUT2D eigenvalue weighted by Gasteiger charge is 2.23. The number of carbonyl (C=O) groups excluding carboxylic acids is 2. The van der Waals surface area contributed by atoms with Gasteiger partial charge in [-0.15, -0.1) is 11.3 Å². The Bertz CT molecular complexity index is 1380. The average Bonchev–Trinajstić information content (AvgIpc) is 3.39. The Kier molecular flexibility index (Phi) is 7.60. The van der Waals surface area contributed by atoms with E-state index in [1.807, 2.05) is 4.72 Å². The SMILES string of the molecule is NC(N)=NCCn1cc[n+](CC(=O)Nc2c(F)cc(S(=O)(=O)Nc3scnc3C(=O)[O-])cc2F)c1. The molecule has 0 aliphatic heterocycles. The number of hydrogen-bond acceptors (Lipinski definition) is 8. The van der Waals surface area contributed by atoms with Crippen molar-refractivity contribution < 1.29 is 36.5 Å². The molecule has 186 valence electrons. The van der Waals surface area contributed by atoms with Crippen molar-refractivity contribution in [3.05, 3.63) is 53.7 Å². The molecule has 0 fully saturated rings. The lowest BCUT2D eigenvalue weighted by atomic mass is 10.3. The van der Waals surface area contributed by atoms with Crippen molar-refractivity contribution >= 4 is 49.9 Å². The Morgan fingerprint density at radius 3 is 2.57 bits per heavy atom. The summed E-state index contributed by atoms with van der Waals surface area (Å²) < 4.78 is 59.0. The minimum atomic E-state index is -4.58. The summed E-state index contributed by atoms with van der Waals surface area (Å²) in [5.74, 6) is -5.30. The molecule has 13 nitrogen and oxygen atoms in total. The van der Waals surface area contributed by atoms with Crippen LogP contribution >= 0.6 is 11.3 Å². The second-order valence-corrected chi connectivity index (χ2v) is 9.40. The van der Waals surface area contributed by atoms with Gasteiger partial charge in [-0.05, 0) is 12.1 Å². The van der Waals surface area contributed by atoms with E-state index in [2.05, 4.69) is 15.3 Å². The number of amides is 1. The molecule has 0 unspecified atom stereocenters. The first-order valence-electron chi connectivity index (χ1n) is 9.53. The number of guanidine groups is 1. The molecule has 2 heterocycles. The van der Waals surface area contributed by atoms with Crippen molar-refractivity contribution in [1.82, 2.24) is 9.55 Å². The highest BCUT2D eigenvalue weighted by Crippen LogP contribution is 2.27. The van der Waals surface area contributed by atoms with Gasteiger partial charge in [-0.25, -0.2) is 36.3 Å². The number of anilines is 2. The van der Waals surface area contributed by atoms with Crippen LogP contribution in [0.5, 0.6) is 0 Å². The number of carboxylic acids is 1. The Balaban J connectivity index is 1.70. The van der Waals surface area contributed by atoms with E-state index in [0.29, 0.717) is 36.6 Å². The van der Waals surface area contributed by atoms with Gasteiger partial charge in [-0.2, -0.15) is 0 Å². The minimum Gasteiger partial charge on any atom is -0.543 e. The molecule has 0 aliphatic rings. The first-order chi connectivity index (χ1) is 16.5. The Morgan fingerprint density at radius 2 is 1.94 bits per heavy atom. The summed E-state index contributed by atoms with van der Waals surface area (Å²) in [7, 11) is -4.58. The number of rotatable bonds is 10. The minimum absolute atomic E-state index is 0.0612. The van der Waals surface area contributed by atoms with E-state index in [0.717, 1.165) is 5.51 Å². The smallest absolute Gasteiger partial charge is 0.266 e. The predicted octanol–water partition coefficient (Wildman–Crippen LogP) is -1.41. The van der Waals surface area contributed by atoms with Gasteiger partial charge in [0, 0.05) is 0 Å². The first-order valence-corrected chi connectivity index (χ1v) is 11.9. The summed E-state index contributed by atoms with van der Waals surface area (Å²) in [4.78, 5) is 29.7. The van der Waals surface area contributed by atoms with Gasteiger partial charge < -0.3 is 26.7 Å². The Morgan fingerprint density at radius 1 is 1.26 bits per heavy atom. The van der Waals surface area contributed by atoms with Crippen LogP contribution in [0.15, 0.2) is 46.3 Å². The van der Waals surface area contributed by atoms with Crippen molar-refractivity contribution in [2.24, 2.45) is 16.5 Å². The van der Waals surface area contributed by atoms with E-state index in [4.69, 9.17) is 11.5 Å². The zero-order chi connectivity index (χ0) is 25.8. The summed E-state index contributed by atoms with van der Waals surface area (Å²) >= 11 is 0.639. The number of thiazole rings is 1. The number of nitrogens with zero attached hydrogens (tertiary/aromatic N) is 4. The molecule has 0 saturated carbocycles. The van der Waals surface area contributed by atoms with Crippen molar-refractivity contribution in [2.45, 2.75) is 18.0 Å². The first kappa shape index (κ1) is 25.5. The number of aromatic nitrogens is 3. The van der Waals surface area contributed by atoms with E-state index >= 15 is 0 Å². The number of aromatic carboxylic acids is 1. The second kappa shape index (κ2) is 10.4. The summed E-state index contributed by atoms with van der Waals surface area (Å²) in [6, 6.07) is 0.960. The number of benzene rings is 1. The summed E-state index contributed by atoms with van der Waals surface area (Å²) in [6.07, 6.45) is 4.73. The molecular weight excluding hydrogens is 510 g/mol. The molecule has 1 aromatic carbocycles. The molecule has 3 aromatic rings. The van der Waals surface area contributed by atoms with E-state index in [1.165, 1.54) is 4.57 Å². The molecule has 0 atom stereocenters. The van der Waals surface area contributed by atoms with Crippen molar-refractivity contribution in [3.8, 4) is 0 Å². The molecule has 17 heteroatoms. The van der Waals surface area contributed by atoms with Crippen LogP contribution in [-0.4, -0.2) is 42.3 Å². The van der Waals surface area contributed by atoms with Crippen molar-refractivity contribution in [3.63, 3.8) is 0 Å². The van der Waals surface area contributed by atoms with Gasteiger partial charge in [0.05, 0.1) is 22.9 Å². The number of halogens is 2. The number of hydrogen-bond donors (Lipinski definition) is 4. The molecule has 0 spiro atoms. The number of aliphatic imine (C=N–C) groups is 1. The lowest BCUT2D eigenvalue weighted by molar-refractivity contribution is -0.683. The predicted molar refractivity (Wildman–Crippen MR) is 118 cm³/mol. The lowest BCUT2D eigenvalue weighted by Crippen LogP contribution is -2.38. The topological polar surface area (TPSA) is 202 Å². The van der Waals surface area contributed by atoms with Crippen LogP contribution in [0.2, 0.25) is 0 Å². The fourth-order valence-electron chi connectivity index (χ4n) is 2.77. The van der Waals surface area contributed by atoms with Crippen LogP contribution in [0.1, 0.15) is 10.5 Å². The van der Waals surface area contributed by atoms with Crippen molar-refractivity contribution in [1.29, 1.82) is 0 Å². The third-order valence-electron chi connectivity index (χ3n) is 4.30. The zero-order valence-corrected chi connectivity index (χ0v) is 19.3. The van der Waals surface area contributed by atoms with Crippen LogP contribution in [0, 0.1) is 11.6 Å². The van der Waals surface area contributed by atoms with Gasteiger partial charge in [0.2, 0.25) is 6.33 Å². The maximum absolute atomic E-state index is 14.5. The van der Waals surface area contributed by atoms with E-state index in [9.17, 15) is 31.9 Å². The molecule has 2 aromatic heterocycles. The van der Waals surface area contributed by atoms with Crippen molar-refractivity contribution in [2.75, 3.05) is 16.6 Å². The van der Waals surface area contributed by atoms with Crippen LogP contribution in [0.3, 0.4) is 0 Å². The third-order valence-corrected chi connectivity index (χ3v) is 6.50. The number of imidazole rings is 1. The molecule has 0 radical (unpaired) electrons. The summed E-state index contributed by atoms with van der Waals surface area (Å²) in [5.41, 5.74) is 10.0. The monoisotopic (exact) mass is 528 g/mol. The van der Waals surface area contributed by atoms with Gasteiger partial charge in [-0.1, -0.05) is 0 Å².